The summed E-state index contributed by atoms with van der Waals surface area (Å²) in [6, 6.07) is 14.5. The molecule has 102 valence electrons. The molecule has 0 fully saturated rings. The van der Waals surface area contributed by atoms with Crippen molar-refractivity contribution in [3.63, 3.8) is 0 Å². The van der Waals surface area contributed by atoms with Crippen molar-refractivity contribution in [3.8, 4) is 5.75 Å². The van der Waals surface area contributed by atoms with Gasteiger partial charge in [-0.25, -0.2) is 4.79 Å². The maximum absolute atomic E-state index is 11.4. The molecule has 0 aromatic heterocycles. The van der Waals surface area contributed by atoms with E-state index in [-0.39, 0.29) is 5.57 Å². The summed E-state index contributed by atoms with van der Waals surface area (Å²) in [7, 11) is 1.59. The highest BCUT2D eigenvalue weighted by atomic mass is 79.9. The predicted octanol–water partition coefficient (Wildman–Crippen LogP) is 4.08. The Balaban J connectivity index is 2.45. The largest absolute Gasteiger partial charge is 0.496 e. The normalized spacial score (nSPS) is 11.2. The Kier molecular flexibility index (Phi) is 4.58. The van der Waals surface area contributed by atoms with E-state index in [1.807, 2.05) is 30.3 Å². The monoisotopic (exact) mass is 332 g/mol. The van der Waals surface area contributed by atoms with Gasteiger partial charge in [0.25, 0.3) is 0 Å². The SMILES string of the molecule is COc1ccc(/C=C(\C(=O)O)c2ccccc2)cc1Br. The molecule has 2 aromatic carbocycles. The molecule has 0 heterocycles. The number of rotatable bonds is 4. The third-order valence-electron chi connectivity index (χ3n) is 2.80. The Morgan fingerprint density at radius 3 is 2.45 bits per heavy atom. The second-order valence-electron chi connectivity index (χ2n) is 4.12. The van der Waals surface area contributed by atoms with Gasteiger partial charge in [-0.2, -0.15) is 0 Å². The highest BCUT2D eigenvalue weighted by molar-refractivity contribution is 9.10. The number of hydrogen-bond acceptors (Lipinski definition) is 2. The number of halogens is 1. The van der Waals surface area contributed by atoms with Crippen molar-refractivity contribution in [3.05, 3.63) is 64.1 Å². The molecule has 0 aliphatic heterocycles. The second kappa shape index (κ2) is 6.39. The lowest BCUT2D eigenvalue weighted by Gasteiger charge is -2.06. The third-order valence-corrected chi connectivity index (χ3v) is 3.42. The molecule has 1 N–H and O–H groups in total. The number of ether oxygens (including phenoxy) is 1. The van der Waals surface area contributed by atoms with Crippen molar-refractivity contribution in [1.82, 2.24) is 0 Å². The van der Waals surface area contributed by atoms with Crippen LogP contribution in [-0.4, -0.2) is 18.2 Å². The fraction of sp³-hybridized carbons (Fsp3) is 0.0625. The molecule has 0 bridgehead atoms. The Hall–Kier alpha value is -2.07. The first-order valence-electron chi connectivity index (χ1n) is 5.96. The van der Waals surface area contributed by atoms with Gasteiger partial charge in [0.1, 0.15) is 5.75 Å². The van der Waals surface area contributed by atoms with Crippen molar-refractivity contribution < 1.29 is 14.6 Å². The molecule has 0 aliphatic carbocycles. The summed E-state index contributed by atoms with van der Waals surface area (Å²) in [6.07, 6.45) is 1.64. The van der Waals surface area contributed by atoms with Crippen LogP contribution in [0, 0.1) is 0 Å². The molecular formula is C16H13BrO3. The summed E-state index contributed by atoms with van der Waals surface area (Å²) in [6.45, 7) is 0. The van der Waals surface area contributed by atoms with Crippen molar-refractivity contribution in [2.75, 3.05) is 7.11 Å². The average Bonchev–Trinajstić information content (AvgIpc) is 2.45. The van der Waals surface area contributed by atoms with Gasteiger partial charge in [-0.05, 0) is 45.3 Å². The summed E-state index contributed by atoms with van der Waals surface area (Å²) < 4.78 is 5.94. The van der Waals surface area contributed by atoms with E-state index in [2.05, 4.69) is 15.9 Å². The molecule has 0 atom stereocenters. The van der Waals surface area contributed by atoms with E-state index in [0.29, 0.717) is 11.3 Å². The summed E-state index contributed by atoms with van der Waals surface area (Å²) in [5, 5.41) is 9.35. The zero-order chi connectivity index (χ0) is 14.5. The predicted molar refractivity (Wildman–Crippen MR) is 82.6 cm³/mol. The lowest BCUT2D eigenvalue weighted by atomic mass is 10.0. The minimum atomic E-state index is -0.955. The standard InChI is InChI=1S/C16H13BrO3/c1-20-15-8-7-11(10-14(15)17)9-13(16(18)19)12-5-3-2-4-6-12/h2-10H,1H3,(H,18,19)/b13-9-. The maximum Gasteiger partial charge on any atom is 0.336 e. The zero-order valence-corrected chi connectivity index (χ0v) is 12.4. The van der Waals surface area contributed by atoms with Crippen molar-refractivity contribution in [2.24, 2.45) is 0 Å². The summed E-state index contributed by atoms with van der Waals surface area (Å²) >= 11 is 3.39. The van der Waals surface area contributed by atoms with Crippen molar-refractivity contribution in [1.29, 1.82) is 0 Å². The summed E-state index contributed by atoms with van der Waals surface area (Å²) in [4.78, 5) is 11.4. The molecule has 2 aromatic rings. The molecule has 0 unspecified atom stereocenters. The highest BCUT2D eigenvalue weighted by Gasteiger charge is 2.10. The Labute approximate surface area is 125 Å². The molecule has 0 saturated carbocycles. The Morgan fingerprint density at radius 2 is 1.90 bits per heavy atom. The van der Waals surface area contributed by atoms with Gasteiger partial charge in [-0.1, -0.05) is 36.4 Å². The smallest absolute Gasteiger partial charge is 0.336 e. The Morgan fingerprint density at radius 1 is 1.20 bits per heavy atom. The fourth-order valence-electron chi connectivity index (χ4n) is 1.83. The van der Waals surface area contributed by atoms with Gasteiger partial charge in [0.2, 0.25) is 0 Å². The quantitative estimate of drug-likeness (QED) is 0.677. The first-order valence-corrected chi connectivity index (χ1v) is 6.75. The zero-order valence-electron chi connectivity index (χ0n) is 10.8. The first-order chi connectivity index (χ1) is 9.61. The van der Waals surface area contributed by atoms with E-state index < -0.39 is 5.97 Å². The van der Waals surface area contributed by atoms with Gasteiger partial charge < -0.3 is 9.84 Å². The van der Waals surface area contributed by atoms with Gasteiger partial charge in [-0.3, -0.25) is 0 Å². The molecule has 0 aliphatic rings. The van der Waals surface area contributed by atoms with E-state index in [1.54, 1.807) is 31.4 Å². The number of methoxy groups -OCH3 is 1. The van der Waals surface area contributed by atoms with Gasteiger partial charge in [-0.15, -0.1) is 0 Å². The molecular weight excluding hydrogens is 320 g/mol. The van der Waals surface area contributed by atoms with E-state index in [0.717, 1.165) is 10.0 Å². The topological polar surface area (TPSA) is 46.5 Å². The highest BCUT2D eigenvalue weighted by Crippen LogP contribution is 2.27. The average molecular weight is 333 g/mol. The molecule has 0 radical (unpaired) electrons. The molecule has 3 nitrogen and oxygen atoms in total. The molecule has 2 rings (SSSR count). The van der Waals surface area contributed by atoms with Gasteiger partial charge in [0, 0.05) is 0 Å². The number of aliphatic carboxylic acids is 1. The van der Waals surface area contributed by atoms with Crippen LogP contribution in [0.1, 0.15) is 11.1 Å². The van der Waals surface area contributed by atoms with Crippen LogP contribution < -0.4 is 4.74 Å². The summed E-state index contributed by atoms with van der Waals surface area (Å²) in [5.41, 5.74) is 1.72. The van der Waals surface area contributed by atoms with E-state index >= 15 is 0 Å². The van der Waals surface area contributed by atoms with Crippen molar-refractivity contribution in [2.45, 2.75) is 0 Å². The number of benzene rings is 2. The van der Waals surface area contributed by atoms with Crippen LogP contribution in [0.3, 0.4) is 0 Å². The molecule has 4 heteroatoms. The molecule has 0 amide bonds. The van der Waals surface area contributed by atoms with E-state index in [9.17, 15) is 9.90 Å². The van der Waals surface area contributed by atoms with Gasteiger partial charge in [0.05, 0.1) is 17.2 Å². The molecule has 0 spiro atoms. The second-order valence-corrected chi connectivity index (χ2v) is 4.98. The van der Waals surface area contributed by atoms with Crippen LogP contribution >= 0.6 is 15.9 Å². The van der Waals surface area contributed by atoms with Crippen LogP contribution in [0.5, 0.6) is 5.75 Å². The van der Waals surface area contributed by atoms with Crippen molar-refractivity contribution >= 4 is 33.5 Å². The Bertz CT molecular complexity index is 648. The lowest BCUT2D eigenvalue weighted by molar-refractivity contribution is -0.130. The number of carbonyl (C=O) groups is 1. The van der Waals surface area contributed by atoms with Crippen LogP contribution in [-0.2, 0) is 4.79 Å². The molecule has 0 saturated heterocycles. The van der Waals surface area contributed by atoms with Crippen LogP contribution in [0.2, 0.25) is 0 Å². The maximum atomic E-state index is 11.4. The number of carboxylic acids is 1. The minimum Gasteiger partial charge on any atom is -0.496 e. The van der Waals surface area contributed by atoms with Gasteiger partial charge >= 0.3 is 5.97 Å². The lowest BCUT2D eigenvalue weighted by Crippen LogP contribution is -1.99. The third kappa shape index (κ3) is 3.27. The van der Waals surface area contributed by atoms with Crippen LogP contribution in [0.4, 0.5) is 0 Å². The summed E-state index contributed by atoms with van der Waals surface area (Å²) in [5.74, 6) is -0.248. The van der Waals surface area contributed by atoms with Gasteiger partial charge in [0.15, 0.2) is 0 Å². The fourth-order valence-corrected chi connectivity index (χ4v) is 2.38. The van der Waals surface area contributed by atoms with E-state index in [1.165, 1.54) is 0 Å². The first kappa shape index (κ1) is 14.3. The number of hydrogen-bond donors (Lipinski definition) is 1. The molecule has 20 heavy (non-hydrogen) atoms. The minimum absolute atomic E-state index is 0.252. The number of carboxylic acid groups (broad SMARTS) is 1. The van der Waals surface area contributed by atoms with Crippen LogP contribution in [0.15, 0.2) is 53.0 Å². The van der Waals surface area contributed by atoms with Crippen LogP contribution in [0.25, 0.3) is 11.6 Å². The van der Waals surface area contributed by atoms with E-state index in [4.69, 9.17) is 4.74 Å².